The summed E-state index contributed by atoms with van der Waals surface area (Å²) in [6, 6.07) is 11.8. The van der Waals surface area contributed by atoms with Gasteiger partial charge >= 0.3 is 0 Å². The molecule has 0 fully saturated rings. The molecule has 0 spiro atoms. The molecule has 0 aliphatic heterocycles. The van der Waals surface area contributed by atoms with E-state index in [9.17, 15) is 0 Å². The second-order valence-electron chi connectivity index (χ2n) is 5.87. The van der Waals surface area contributed by atoms with Crippen molar-refractivity contribution in [2.24, 2.45) is 0 Å². The van der Waals surface area contributed by atoms with Crippen LogP contribution in [0.15, 0.2) is 55.1 Å². The first-order chi connectivity index (χ1) is 13.2. The molecule has 8 heteroatoms. The van der Waals surface area contributed by atoms with Crippen LogP contribution in [-0.4, -0.2) is 44.0 Å². The molecule has 4 rings (SSSR count). The van der Waals surface area contributed by atoms with Crippen molar-refractivity contribution in [3.05, 3.63) is 60.7 Å². The Hall–Kier alpha value is -3.68. The highest BCUT2D eigenvalue weighted by atomic mass is 16.5. The van der Waals surface area contributed by atoms with Gasteiger partial charge in [-0.05, 0) is 53.7 Å². The van der Waals surface area contributed by atoms with E-state index in [4.69, 9.17) is 9.47 Å². The van der Waals surface area contributed by atoms with Gasteiger partial charge in [0, 0.05) is 23.6 Å². The maximum Gasteiger partial charge on any atom is 0.148 e. The van der Waals surface area contributed by atoms with Gasteiger partial charge in [-0.2, -0.15) is 0 Å². The second kappa shape index (κ2) is 6.91. The zero-order valence-electron chi connectivity index (χ0n) is 15.2. The summed E-state index contributed by atoms with van der Waals surface area (Å²) in [6.45, 7) is 1.97. The average molecular weight is 362 g/mol. The molecule has 0 saturated heterocycles. The van der Waals surface area contributed by atoms with Crippen LogP contribution in [0.25, 0.3) is 22.8 Å². The molecule has 0 unspecified atom stereocenters. The predicted octanol–water partition coefficient (Wildman–Crippen LogP) is 2.84. The van der Waals surface area contributed by atoms with Crippen molar-refractivity contribution in [3.63, 3.8) is 0 Å². The lowest BCUT2D eigenvalue weighted by Gasteiger charge is -2.15. The van der Waals surface area contributed by atoms with Crippen molar-refractivity contribution in [1.82, 2.24) is 29.8 Å². The minimum absolute atomic E-state index is 0.743. The molecule has 4 aromatic rings. The van der Waals surface area contributed by atoms with Crippen LogP contribution in [-0.2, 0) is 0 Å². The second-order valence-corrected chi connectivity index (χ2v) is 5.87. The Morgan fingerprint density at radius 3 is 2.37 bits per heavy atom. The van der Waals surface area contributed by atoms with Gasteiger partial charge in [-0.3, -0.25) is 4.57 Å². The number of imidazole rings is 1. The number of methoxy groups -OCH3 is 2. The number of aromatic nitrogens is 6. The lowest BCUT2D eigenvalue weighted by molar-refractivity contribution is 0.389. The van der Waals surface area contributed by atoms with Crippen LogP contribution in [0.1, 0.15) is 5.56 Å². The molecule has 0 aliphatic rings. The maximum absolute atomic E-state index is 5.64. The summed E-state index contributed by atoms with van der Waals surface area (Å²) < 4.78 is 14.7. The van der Waals surface area contributed by atoms with E-state index in [0.717, 1.165) is 39.8 Å². The molecule has 0 aliphatic carbocycles. The van der Waals surface area contributed by atoms with Crippen molar-refractivity contribution >= 4 is 0 Å². The number of ether oxygens (including phenoxy) is 2. The lowest BCUT2D eigenvalue weighted by Crippen LogP contribution is -2.01. The quantitative estimate of drug-likeness (QED) is 0.543. The van der Waals surface area contributed by atoms with Crippen LogP contribution < -0.4 is 9.47 Å². The summed E-state index contributed by atoms with van der Waals surface area (Å²) in [5, 5.41) is 11.2. The summed E-state index contributed by atoms with van der Waals surface area (Å²) in [6.07, 6.45) is 5.24. The fraction of sp³-hybridized carbons (Fsp3) is 0.158. The van der Waals surface area contributed by atoms with Crippen LogP contribution in [0, 0.1) is 6.92 Å². The van der Waals surface area contributed by atoms with Crippen molar-refractivity contribution in [3.8, 4) is 34.3 Å². The van der Waals surface area contributed by atoms with Crippen LogP contribution in [0.3, 0.4) is 0 Å². The highest BCUT2D eigenvalue weighted by molar-refractivity contribution is 5.71. The van der Waals surface area contributed by atoms with Gasteiger partial charge in [-0.15, -0.1) is 5.10 Å². The minimum Gasteiger partial charge on any atom is -0.496 e. The van der Waals surface area contributed by atoms with E-state index in [1.54, 1.807) is 31.4 Å². The Bertz CT molecular complexity index is 1050. The molecule has 0 saturated carbocycles. The van der Waals surface area contributed by atoms with E-state index in [-0.39, 0.29) is 0 Å². The molecular weight excluding hydrogens is 344 g/mol. The molecule has 8 nitrogen and oxygen atoms in total. The van der Waals surface area contributed by atoms with Crippen molar-refractivity contribution in [2.75, 3.05) is 14.2 Å². The van der Waals surface area contributed by atoms with Crippen molar-refractivity contribution < 1.29 is 9.47 Å². The van der Waals surface area contributed by atoms with Crippen LogP contribution in [0.5, 0.6) is 11.5 Å². The number of benzene rings is 2. The summed E-state index contributed by atoms with van der Waals surface area (Å²) >= 11 is 0. The number of hydrogen-bond acceptors (Lipinski definition) is 6. The number of hydrogen-bond donors (Lipinski definition) is 0. The topological polar surface area (TPSA) is 79.9 Å². The maximum atomic E-state index is 5.64. The lowest BCUT2D eigenvalue weighted by atomic mass is 10.1. The Morgan fingerprint density at radius 1 is 0.926 bits per heavy atom. The largest absolute Gasteiger partial charge is 0.496 e. The normalized spacial score (nSPS) is 10.8. The SMILES string of the molecule is COc1ccc(-c2nccn2-c2ccc(-n3cnnn3)cc2)c(OC)c1C. The Morgan fingerprint density at radius 2 is 1.70 bits per heavy atom. The van der Waals surface area contributed by atoms with E-state index in [2.05, 4.69) is 20.5 Å². The van der Waals surface area contributed by atoms with E-state index in [1.807, 2.05) is 54.1 Å². The van der Waals surface area contributed by atoms with E-state index in [0.29, 0.717) is 0 Å². The summed E-state index contributed by atoms with van der Waals surface area (Å²) in [7, 11) is 3.30. The fourth-order valence-electron chi connectivity index (χ4n) is 3.09. The highest BCUT2D eigenvalue weighted by Crippen LogP contribution is 2.37. The average Bonchev–Trinajstić information content (AvgIpc) is 3.40. The van der Waals surface area contributed by atoms with Crippen molar-refractivity contribution in [1.29, 1.82) is 0 Å². The number of nitrogens with zero attached hydrogens (tertiary/aromatic N) is 6. The van der Waals surface area contributed by atoms with Crippen molar-refractivity contribution in [2.45, 2.75) is 6.92 Å². The third-order valence-corrected chi connectivity index (χ3v) is 4.40. The van der Waals surface area contributed by atoms with Gasteiger partial charge in [0.25, 0.3) is 0 Å². The van der Waals surface area contributed by atoms with Crippen LogP contribution in [0.4, 0.5) is 0 Å². The third kappa shape index (κ3) is 2.91. The Balaban J connectivity index is 1.77. The highest BCUT2D eigenvalue weighted by Gasteiger charge is 2.17. The predicted molar refractivity (Wildman–Crippen MR) is 99.6 cm³/mol. The first-order valence-electron chi connectivity index (χ1n) is 8.32. The molecular formula is C19H18N6O2. The van der Waals surface area contributed by atoms with Crippen LogP contribution >= 0.6 is 0 Å². The van der Waals surface area contributed by atoms with Gasteiger partial charge in [0.15, 0.2) is 0 Å². The first kappa shape index (κ1) is 16.8. The first-order valence-corrected chi connectivity index (χ1v) is 8.32. The Kier molecular flexibility index (Phi) is 4.29. The monoisotopic (exact) mass is 362 g/mol. The van der Waals surface area contributed by atoms with E-state index in [1.165, 1.54) is 0 Å². The van der Waals surface area contributed by atoms with Gasteiger partial charge in [-0.25, -0.2) is 9.67 Å². The molecule has 0 N–H and O–H groups in total. The van der Waals surface area contributed by atoms with Crippen LogP contribution in [0.2, 0.25) is 0 Å². The summed E-state index contributed by atoms with van der Waals surface area (Å²) in [4.78, 5) is 4.54. The molecule has 27 heavy (non-hydrogen) atoms. The van der Waals surface area contributed by atoms with Gasteiger partial charge in [0.2, 0.25) is 0 Å². The number of rotatable bonds is 5. The van der Waals surface area contributed by atoms with Gasteiger partial charge in [0.05, 0.1) is 25.5 Å². The van der Waals surface area contributed by atoms with Gasteiger partial charge in [0.1, 0.15) is 23.7 Å². The molecule has 2 aromatic carbocycles. The zero-order chi connectivity index (χ0) is 18.8. The standard InChI is InChI=1S/C19H18N6O2/c1-13-17(26-2)9-8-16(18(13)27-3)19-20-10-11-24(19)14-4-6-15(7-5-14)25-12-21-22-23-25/h4-12H,1-3H3. The molecule has 2 heterocycles. The Labute approximate surface area is 156 Å². The zero-order valence-corrected chi connectivity index (χ0v) is 15.2. The molecule has 0 amide bonds. The minimum atomic E-state index is 0.743. The molecule has 0 atom stereocenters. The number of tetrazole rings is 1. The molecule has 136 valence electrons. The third-order valence-electron chi connectivity index (χ3n) is 4.40. The molecule has 0 bridgehead atoms. The van der Waals surface area contributed by atoms with E-state index >= 15 is 0 Å². The van der Waals surface area contributed by atoms with E-state index < -0.39 is 0 Å². The summed E-state index contributed by atoms with van der Waals surface area (Å²) in [5.74, 6) is 2.30. The van der Waals surface area contributed by atoms with Gasteiger partial charge in [-0.1, -0.05) is 0 Å². The summed E-state index contributed by atoms with van der Waals surface area (Å²) in [5.41, 5.74) is 3.67. The smallest absolute Gasteiger partial charge is 0.148 e. The molecule has 2 aromatic heterocycles. The van der Waals surface area contributed by atoms with Gasteiger partial charge < -0.3 is 9.47 Å². The molecule has 0 radical (unpaired) electrons. The fourth-order valence-corrected chi connectivity index (χ4v) is 3.09.